The van der Waals surface area contributed by atoms with Crippen LogP contribution in [-0.4, -0.2) is 38.4 Å². The molecule has 4 nitrogen and oxygen atoms in total. The Morgan fingerprint density at radius 2 is 0.857 bits per heavy atom. The summed E-state index contributed by atoms with van der Waals surface area (Å²) in [7, 11) is -4.61. The predicted octanol–water partition coefficient (Wildman–Crippen LogP) is -3.53. The summed E-state index contributed by atoms with van der Waals surface area (Å²) < 4.78 is 0. The normalized spacial score (nSPS) is 8.57. The van der Waals surface area contributed by atoms with E-state index in [-0.39, 0.29) is 42.8 Å². The largest absolute Gasteiger partial charge is 0 e. The van der Waals surface area contributed by atoms with Crippen LogP contribution in [0.3, 0.4) is 0 Å². The van der Waals surface area contributed by atoms with Gasteiger partial charge in [0.15, 0.2) is 0 Å². The van der Waals surface area contributed by atoms with Crippen molar-refractivity contribution in [2.75, 3.05) is 0 Å². The van der Waals surface area contributed by atoms with Crippen LogP contribution in [0.1, 0.15) is 0 Å². The minimum atomic E-state index is -4.61. The summed E-state index contributed by atoms with van der Waals surface area (Å²) in [4.78, 5) is 29.3. The molecule has 0 bridgehead atoms. The zero-order chi connectivity index (χ0) is 4.50. The van der Waals surface area contributed by atoms with Crippen LogP contribution < -0.4 is 0 Å². The SMILES string of the molecule is O[Si](O)(O)O.[BeH2].[Y]. The monoisotopic (exact) mass is 196 g/mol. The molecule has 4 N–H and O–H groups in total. The van der Waals surface area contributed by atoms with Gasteiger partial charge in [-0.1, -0.05) is 0 Å². The summed E-state index contributed by atoms with van der Waals surface area (Å²) in [5.41, 5.74) is 0. The van der Waals surface area contributed by atoms with E-state index in [0.717, 1.165) is 0 Å². The molecule has 0 fully saturated rings. The van der Waals surface area contributed by atoms with E-state index in [1.807, 2.05) is 0 Å². The van der Waals surface area contributed by atoms with Crippen LogP contribution in [0.25, 0.3) is 0 Å². The number of hydrogen-bond donors (Lipinski definition) is 4. The molecule has 39 valence electrons. The first kappa shape index (κ1) is 15.8. The molecule has 0 unspecified atom stereocenters. The van der Waals surface area contributed by atoms with Gasteiger partial charge in [0, 0.05) is 32.7 Å². The van der Waals surface area contributed by atoms with Gasteiger partial charge in [0.25, 0.3) is 0 Å². The van der Waals surface area contributed by atoms with Gasteiger partial charge in [0.05, 0.1) is 0 Å². The first-order chi connectivity index (χ1) is 2.00. The topological polar surface area (TPSA) is 80.9 Å². The van der Waals surface area contributed by atoms with E-state index in [0.29, 0.717) is 0 Å². The summed E-state index contributed by atoms with van der Waals surface area (Å²) >= 11 is 0. The summed E-state index contributed by atoms with van der Waals surface area (Å²) in [6, 6.07) is 0. The Balaban J connectivity index is -0.0000000800. The molecule has 1 radical (unpaired) electrons. The van der Waals surface area contributed by atoms with Gasteiger partial charge in [-0.2, -0.15) is 0 Å². The average molecular weight is 196 g/mol. The van der Waals surface area contributed by atoms with Gasteiger partial charge in [0.2, 0.25) is 0 Å². The van der Waals surface area contributed by atoms with Gasteiger partial charge in [-0.15, -0.1) is 0 Å². The molecule has 0 aliphatic rings. The summed E-state index contributed by atoms with van der Waals surface area (Å²) in [5, 5.41) is 0. The molecule has 0 atom stereocenters. The van der Waals surface area contributed by atoms with E-state index in [9.17, 15) is 0 Å². The summed E-state index contributed by atoms with van der Waals surface area (Å²) in [6.07, 6.45) is 0. The van der Waals surface area contributed by atoms with Crippen LogP contribution in [-0.2, 0) is 32.7 Å². The maximum Gasteiger partial charge on any atom is 0 e. The average Bonchev–Trinajstić information content (AvgIpc) is 0.722. The Morgan fingerprint density at radius 3 is 0.857 bits per heavy atom. The molecule has 0 aromatic heterocycles. The van der Waals surface area contributed by atoms with E-state index in [1.54, 1.807) is 0 Å². The molecule has 0 aromatic carbocycles. The van der Waals surface area contributed by atoms with Gasteiger partial charge in [-0.25, -0.2) is 0 Å². The van der Waals surface area contributed by atoms with E-state index in [2.05, 4.69) is 0 Å². The zero-order valence-electron chi connectivity index (χ0n) is 2.87. The second-order valence-electron chi connectivity index (χ2n) is 0.600. The summed E-state index contributed by atoms with van der Waals surface area (Å²) in [6.45, 7) is 0. The van der Waals surface area contributed by atoms with Gasteiger partial charge in [-0.3, -0.25) is 0 Å². The van der Waals surface area contributed by atoms with E-state index < -0.39 is 9.05 Å². The van der Waals surface area contributed by atoms with Crippen LogP contribution >= 0.6 is 0 Å². The van der Waals surface area contributed by atoms with Crippen molar-refractivity contribution in [1.82, 2.24) is 0 Å². The van der Waals surface area contributed by atoms with Crippen LogP contribution in [0.2, 0.25) is 0 Å². The summed E-state index contributed by atoms with van der Waals surface area (Å²) in [5.74, 6) is 0. The smallest absolute Gasteiger partial charge is 0 e. The van der Waals surface area contributed by atoms with Crippen LogP contribution in [0, 0.1) is 0 Å². The van der Waals surface area contributed by atoms with Crippen molar-refractivity contribution in [2.45, 2.75) is 0 Å². The van der Waals surface area contributed by atoms with Crippen LogP contribution in [0.15, 0.2) is 0 Å². The molecule has 0 saturated heterocycles. The molecule has 0 heterocycles. The number of hydrogen-bond acceptors (Lipinski definition) is 4. The van der Waals surface area contributed by atoms with Crippen molar-refractivity contribution in [3.63, 3.8) is 0 Å². The van der Waals surface area contributed by atoms with Crippen LogP contribution in [0.4, 0.5) is 0 Å². The van der Waals surface area contributed by atoms with Crippen molar-refractivity contribution >= 4 is 19.2 Å². The van der Waals surface area contributed by atoms with Gasteiger partial charge in [-0.05, 0) is 0 Å². The molecule has 7 heteroatoms. The Bertz CT molecular complexity index is 27.2. The van der Waals surface area contributed by atoms with Crippen LogP contribution in [0.5, 0.6) is 0 Å². The maximum absolute atomic E-state index is 7.33. The van der Waals surface area contributed by atoms with E-state index in [1.165, 1.54) is 0 Å². The molecule has 0 amide bonds. The predicted molar refractivity (Wildman–Crippen MR) is 23.2 cm³/mol. The molecule has 0 spiro atoms. The molecule has 0 aromatic rings. The van der Waals surface area contributed by atoms with Crippen molar-refractivity contribution in [2.24, 2.45) is 0 Å². The Hall–Kier alpha value is 1.33. The third kappa shape index (κ3) is 118. The van der Waals surface area contributed by atoms with Crippen molar-refractivity contribution in [3.8, 4) is 0 Å². The quantitative estimate of drug-likeness (QED) is 0.303. The Labute approximate surface area is 70.8 Å². The van der Waals surface area contributed by atoms with E-state index in [4.69, 9.17) is 19.2 Å². The van der Waals surface area contributed by atoms with E-state index >= 15 is 0 Å². The molecule has 7 heavy (non-hydrogen) atoms. The second-order valence-corrected chi connectivity index (χ2v) is 1.80. The molecule has 0 aliphatic heterocycles. The van der Waals surface area contributed by atoms with Crippen molar-refractivity contribution in [1.29, 1.82) is 0 Å². The molecule has 0 aliphatic carbocycles. The third-order valence-electron chi connectivity index (χ3n) is 0. The fourth-order valence-corrected chi connectivity index (χ4v) is 0. The Kier molecular flexibility index (Phi) is 12.3. The first-order valence-electron chi connectivity index (χ1n) is 0.894. The molecule has 0 saturated carbocycles. The third-order valence-corrected chi connectivity index (χ3v) is 0. The maximum atomic E-state index is 7.33. The van der Waals surface area contributed by atoms with Gasteiger partial charge < -0.3 is 19.2 Å². The molecule has 0 rings (SSSR count). The minimum Gasteiger partial charge on any atom is 0 e. The fourth-order valence-electron chi connectivity index (χ4n) is 0. The van der Waals surface area contributed by atoms with Crippen molar-refractivity contribution < 1.29 is 51.9 Å². The fraction of sp³-hybridized carbons (Fsp3) is 0. The standard InChI is InChI=1S/Be.H4O4Si.Y.2H/c;1-5(2,3)4;;;/h;1-4H;;;. The number of rotatable bonds is 0. The zero-order valence-corrected chi connectivity index (χ0v) is 6.70. The Morgan fingerprint density at radius 1 is 0.857 bits per heavy atom. The minimum absolute atomic E-state index is 0. The first-order valence-corrected chi connectivity index (χ1v) is 2.68. The van der Waals surface area contributed by atoms with Gasteiger partial charge >= 0.3 is 19.2 Å². The van der Waals surface area contributed by atoms with Gasteiger partial charge in [0.1, 0.15) is 0 Å². The second kappa shape index (κ2) is 5.47. The van der Waals surface area contributed by atoms with Crippen molar-refractivity contribution in [3.05, 3.63) is 0 Å². The molecular formula is H6BeO4SiY. The molecular weight excluding hydrogens is 190 g/mol.